The summed E-state index contributed by atoms with van der Waals surface area (Å²) in [7, 11) is 1.37. The molecular formula is C24H20N4O3. The summed E-state index contributed by atoms with van der Waals surface area (Å²) in [6.07, 6.45) is 6.71. The van der Waals surface area contributed by atoms with E-state index in [0.717, 1.165) is 22.0 Å². The second-order valence-corrected chi connectivity index (χ2v) is 6.86. The maximum atomic E-state index is 12.2. The maximum absolute atomic E-state index is 12.2. The van der Waals surface area contributed by atoms with Crippen LogP contribution in [-0.4, -0.2) is 34.8 Å². The Balaban J connectivity index is 1.58. The van der Waals surface area contributed by atoms with Crippen LogP contribution in [0.5, 0.6) is 0 Å². The SMILES string of the molecule is COC(=O)c1cccc(Cn2cc(/C=N\NC(=O)c3ccncc3)c3ccccc32)c1. The molecule has 2 heterocycles. The minimum absolute atomic E-state index is 0.304. The van der Waals surface area contributed by atoms with Crippen molar-refractivity contribution in [1.82, 2.24) is 15.0 Å². The molecule has 4 rings (SSSR count). The summed E-state index contributed by atoms with van der Waals surface area (Å²) in [5.74, 6) is -0.668. The van der Waals surface area contributed by atoms with Crippen molar-refractivity contribution in [3.63, 3.8) is 0 Å². The number of methoxy groups -OCH3 is 1. The Morgan fingerprint density at radius 2 is 1.87 bits per heavy atom. The van der Waals surface area contributed by atoms with Gasteiger partial charge in [-0.05, 0) is 35.9 Å². The Bertz CT molecular complexity index is 1260. The summed E-state index contributed by atoms with van der Waals surface area (Å²) >= 11 is 0. The number of nitrogens with zero attached hydrogens (tertiary/aromatic N) is 3. The summed E-state index contributed by atoms with van der Waals surface area (Å²) in [6.45, 7) is 0.572. The van der Waals surface area contributed by atoms with Crippen molar-refractivity contribution in [1.29, 1.82) is 0 Å². The molecule has 0 saturated heterocycles. The average Bonchev–Trinajstić information content (AvgIpc) is 3.16. The number of benzene rings is 2. The number of amides is 1. The van der Waals surface area contributed by atoms with Crippen LogP contribution in [0.1, 0.15) is 31.8 Å². The molecule has 0 unspecified atom stereocenters. The number of carbonyl (C=O) groups is 2. The molecule has 2 aromatic heterocycles. The second-order valence-electron chi connectivity index (χ2n) is 6.86. The number of hydrazone groups is 1. The number of carbonyl (C=O) groups excluding carboxylic acids is 2. The summed E-state index contributed by atoms with van der Waals surface area (Å²) < 4.78 is 6.89. The number of rotatable bonds is 6. The largest absolute Gasteiger partial charge is 0.465 e. The first-order chi connectivity index (χ1) is 15.2. The van der Waals surface area contributed by atoms with E-state index in [1.165, 1.54) is 7.11 Å². The first kappa shape index (κ1) is 20.0. The van der Waals surface area contributed by atoms with Gasteiger partial charge < -0.3 is 9.30 Å². The van der Waals surface area contributed by atoms with Gasteiger partial charge in [-0.2, -0.15) is 5.10 Å². The van der Waals surface area contributed by atoms with E-state index in [9.17, 15) is 9.59 Å². The summed E-state index contributed by atoms with van der Waals surface area (Å²) in [4.78, 5) is 27.9. The highest BCUT2D eigenvalue weighted by Gasteiger charge is 2.10. The van der Waals surface area contributed by atoms with Gasteiger partial charge in [-0.25, -0.2) is 10.2 Å². The lowest BCUT2D eigenvalue weighted by Gasteiger charge is -2.07. The number of hydrogen-bond acceptors (Lipinski definition) is 5. The molecule has 31 heavy (non-hydrogen) atoms. The van der Waals surface area contributed by atoms with E-state index in [2.05, 4.69) is 20.1 Å². The molecule has 7 heteroatoms. The van der Waals surface area contributed by atoms with Gasteiger partial charge in [0, 0.05) is 47.2 Å². The van der Waals surface area contributed by atoms with Crippen molar-refractivity contribution >= 4 is 29.0 Å². The van der Waals surface area contributed by atoms with Crippen LogP contribution in [0.2, 0.25) is 0 Å². The zero-order valence-electron chi connectivity index (χ0n) is 16.9. The Labute approximate surface area is 179 Å². The van der Waals surface area contributed by atoms with Crippen molar-refractivity contribution in [2.45, 2.75) is 6.54 Å². The van der Waals surface area contributed by atoms with E-state index in [1.54, 1.807) is 36.8 Å². The molecule has 1 N–H and O–H groups in total. The number of nitrogens with one attached hydrogen (secondary N) is 1. The molecule has 2 aromatic carbocycles. The normalized spacial score (nSPS) is 11.0. The standard InChI is InChI=1S/C24H20N4O3/c1-31-24(30)19-6-4-5-17(13-19)15-28-16-20(21-7-2-3-8-22(21)28)14-26-27-23(29)18-9-11-25-12-10-18/h2-14,16H,15H2,1H3,(H,27,29)/b26-14-. The van der Waals surface area contributed by atoms with Gasteiger partial charge in [0.05, 0.1) is 18.9 Å². The molecule has 0 aliphatic heterocycles. The average molecular weight is 412 g/mol. The summed E-state index contributed by atoms with van der Waals surface area (Å²) in [6, 6.07) is 18.5. The molecule has 0 aliphatic rings. The van der Waals surface area contributed by atoms with Crippen molar-refractivity contribution in [2.24, 2.45) is 5.10 Å². The van der Waals surface area contributed by atoms with E-state index in [0.29, 0.717) is 17.7 Å². The number of hydrogen-bond donors (Lipinski definition) is 1. The van der Waals surface area contributed by atoms with E-state index in [4.69, 9.17) is 4.74 Å². The number of aromatic nitrogens is 2. The highest BCUT2D eigenvalue weighted by Crippen LogP contribution is 2.21. The molecule has 0 radical (unpaired) electrons. The minimum Gasteiger partial charge on any atom is -0.465 e. The topological polar surface area (TPSA) is 85.6 Å². The monoisotopic (exact) mass is 412 g/mol. The van der Waals surface area contributed by atoms with Crippen LogP contribution in [0.3, 0.4) is 0 Å². The van der Waals surface area contributed by atoms with E-state index >= 15 is 0 Å². The predicted octanol–water partition coefficient (Wildman–Crippen LogP) is 3.64. The minimum atomic E-state index is -0.364. The fraction of sp³-hybridized carbons (Fsp3) is 0.0833. The molecule has 0 bridgehead atoms. The zero-order chi connectivity index (χ0) is 21.6. The third kappa shape index (κ3) is 4.51. The maximum Gasteiger partial charge on any atom is 0.337 e. The molecule has 0 aliphatic carbocycles. The number of esters is 1. The Morgan fingerprint density at radius 1 is 1.06 bits per heavy atom. The zero-order valence-corrected chi connectivity index (χ0v) is 16.9. The molecular weight excluding hydrogens is 392 g/mol. The molecule has 0 spiro atoms. The van der Waals surface area contributed by atoms with Gasteiger partial charge in [-0.15, -0.1) is 0 Å². The molecule has 4 aromatic rings. The van der Waals surface area contributed by atoms with Gasteiger partial charge in [-0.1, -0.05) is 30.3 Å². The van der Waals surface area contributed by atoms with Gasteiger partial charge >= 0.3 is 5.97 Å². The van der Waals surface area contributed by atoms with Crippen molar-refractivity contribution in [3.8, 4) is 0 Å². The van der Waals surface area contributed by atoms with Gasteiger partial charge in [-0.3, -0.25) is 9.78 Å². The fourth-order valence-electron chi connectivity index (χ4n) is 3.35. The van der Waals surface area contributed by atoms with Gasteiger partial charge in [0.1, 0.15) is 0 Å². The number of ether oxygens (including phenoxy) is 1. The van der Waals surface area contributed by atoms with Crippen LogP contribution in [0.4, 0.5) is 0 Å². The highest BCUT2D eigenvalue weighted by molar-refractivity contribution is 6.00. The molecule has 0 fully saturated rings. The third-order valence-corrected chi connectivity index (χ3v) is 4.83. The molecule has 7 nitrogen and oxygen atoms in total. The lowest BCUT2D eigenvalue weighted by molar-refractivity contribution is 0.0600. The van der Waals surface area contributed by atoms with E-state index in [1.807, 2.05) is 48.7 Å². The number of fused-ring (bicyclic) bond motifs is 1. The number of pyridine rings is 1. The van der Waals surface area contributed by atoms with Crippen LogP contribution >= 0.6 is 0 Å². The van der Waals surface area contributed by atoms with Crippen molar-refractivity contribution < 1.29 is 14.3 Å². The highest BCUT2D eigenvalue weighted by atomic mass is 16.5. The molecule has 154 valence electrons. The second kappa shape index (κ2) is 9.04. The predicted molar refractivity (Wildman–Crippen MR) is 118 cm³/mol. The van der Waals surface area contributed by atoms with Gasteiger partial charge in [0.25, 0.3) is 5.91 Å². The van der Waals surface area contributed by atoms with Crippen LogP contribution in [0.25, 0.3) is 10.9 Å². The van der Waals surface area contributed by atoms with Crippen LogP contribution in [0.15, 0.2) is 84.4 Å². The Morgan fingerprint density at radius 3 is 2.68 bits per heavy atom. The Kier molecular flexibility index (Phi) is 5.84. The summed E-state index contributed by atoms with van der Waals surface area (Å²) in [5, 5.41) is 5.13. The quantitative estimate of drug-likeness (QED) is 0.298. The molecule has 0 atom stereocenters. The van der Waals surface area contributed by atoms with Crippen molar-refractivity contribution in [2.75, 3.05) is 7.11 Å². The fourth-order valence-corrected chi connectivity index (χ4v) is 3.35. The molecule has 1 amide bonds. The van der Waals surface area contributed by atoms with Crippen LogP contribution < -0.4 is 5.43 Å². The summed E-state index contributed by atoms with van der Waals surface area (Å²) in [5.41, 5.74) is 6.40. The first-order valence-corrected chi connectivity index (χ1v) is 9.64. The van der Waals surface area contributed by atoms with Gasteiger partial charge in [0.15, 0.2) is 0 Å². The van der Waals surface area contributed by atoms with Crippen molar-refractivity contribution in [3.05, 3.63) is 102 Å². The smallest absolute Gasteiger partial charge is 0.337 e. The third-order valence-electron chi connectivity index (χ3n) is 4.83. The van der Waals surface area contributed by atoms with Gasteiger partial charge in [0.2, 0.25) is 0 Å². The lowest BCUT2D eigenvalue weighted by atomic mass is 10.1. The first-order valence-electron chi connectivity index (χ1n) is 9.64. The van der Waals surface area contributed by atoms with Crippen LogP contribution in [0, 0.1) is 0 Å². The molecule has 0 saturated carbocycles. The number of para-hydroxylation sites is 1. The Hall–Kier alpha value is -4.26. The van der Waals surface area contributed by atoms with E-state index < -0.39 is 0 Å². The van der Waals surface area contributed by atoms with Crippen LogP contribution in [-0.2, 0) is 11.3 Å². The lowest BCUT2D eigenvalue weighted by Crippen LogP contribution is -2.17. The van der Waals surface area contributed by atoms with E-state index in [-0.39, 0.29) is 11.9 Å².